The summed E-state index contributed by atoms with van der Waals surface area (Å²) in [7, 11) is 0. The molecule has 0 unspecified atom stereocenters. The summed E-state index contributed by atoms with van der Waals surface area (Å²) in [5, 5.41) is 7.44. The smallest absolute Gasteiger partial charge is 0.169 e. The average molecular weight is 187 g/mol. The molecule has 1 rings (SSSR count). The topological polar surface area (TPSA) is 27.3 Å². The molecule has 0 aromatic rings. The SMILES string of the molecule is CCCNC(=S)N1CCNCC1. The standard InChI is InChI=1S/C8H17N3S/c1-2-3-10-8(12)11-6-4-9-5-7-11/h9H,2-7H2,1H3,(H,10,12). The lowest BCUT2D eigenvalue weighted by Crippen LogP contribution is -2.50. The maximum absolute atomic E-state index is 5.23. The van der Waals surface area contributed by atoms with E-state index in [2.05, 4.69) is 22.5 Å². The Bertz CT molecular complexity index is 143. The predicted molar refractivity (Wildman–Crippen MR) is 55.3 cm³/mol. The van der Waals surface area contributed by atoms with Gasteiger partial charge in [0.1, 0.15) is 0 Å². The van der Waals surface area contributed by atoms with Gasteiger partial charge in [-0.1, -0.05) is 6.92 Å². The third-order valence-corrected chi connectivity index (χ3v) is 2.33. The van der Waals surface area contributed by atoms with Crippen LogP contribution in [0.2, 0.25) is 0 Å². The lowest BCUT2D eigenvalue weighted by molar-refractivity contribution is 0.353. The predicted octanol–water partition coefficient (Wildman–Crippen LogP) is 0.176. The van der Waals surface area contributed by atoms with Crippen molar-refractivity contribution in [2.24, 2.45) is 0 Å². The average Bonchev–Trinajstić information content (AvgIpc) is 2.15. The summed E-state index contributed by atoms with van der Waals surface area (Å²) in [6.45, 7) is 7.31. The molecular formula is C8H17N3S. The van der Waals surface area contributed by atoms with Crippen LogP contribution in [0.1, 0.15) is 13.3 Å². The van der Waals surface area contributed by atoms with E-state index in [4.69, 9.17) is 12.2 Å². The van der Waals surface area contributed by atoms with Gasteiger partial charge < -0.3 is 15.5 Å². The molecule has 1 aliphatic heterocycles. The molecule has 12 heavy (non-hydrogen) atoms. The molecule has 70 valence electrons. The van der Waals surface area contributed by atoms with Gasteiger partial charge in [-0.25, -0.2) is 0 Å². The molecule has 0 aromatic carbocycles. The Labute approximate surface area is 79.5 Å². The maximum atomic E-state index is 5.23. The first-order valence-corrected chi connectivity index (χ1v) is 4.99. The highest BCUT2D eigenvalue weighted by Crippen LogP contribution is 1.92. The van der Waals surface area contributed by atoms with Crippen LogP contribution < -0.4 is 10.6 Å². The van der Waals surface area contributed by atoms with Gasteiger partial charge in [0, 0.05) is 32.7 Å². The van der Waals surface area contributed by atoms with Crippen LogP contribution in [-0.2, 0) is 0 Å². The van der Waals surface area contributed by atoms with Crippen molar-refractivity contribution in [3.05, 3.63) is 0 Å². The molecule has 3 nitrogen and oxygen atoms in total. The van der Waals surface area contributed by atoms with Crippen molar-refractivity contribution in [3.63, 3.8) is 0 Å². The Morgan fingerprint density at radius 3 is 2.75 bits per heavy atom. The minimum absolute atomic E-state index is 0.915. The maximum Gasteiger partial charge on any atom is 0.169 e. The molecule has 0 atom stereocenters. The van der Waals surface area contributed by atoms with Gasteiger partial charge in [0.15, 0.2) is 5.11 Å². The fourth-order valence-corrected chi connectivity index (χ4v) is 1.50. The van der Waals surface area contributed by atoms with E-state index in [0.717, 1.165) is 44.3 Å². The van der Waals surface area contributed by atoms with Crippen molar-refractivity contribution in [2.75, 3.05) is 32.7 Å². The van der Waals surface area contributed by atoms with Crippen molar-refractivity contribution in [1.82, 2.24) is 15.5 Å². The Morgan fingerprint density at radius 2 is 2.17 bits per heavy atom. The third kappa shape index (κ3) is 2.95. The number of piperazine rings is 1. The van der Waals surface area contributed by atoms with Crippen LogP contribution in [0, 0.1) is 0 Å². The number of hydrogen-bond acceptors (Lipinski definition) is 2. The summed E-state index contributed by atoms with van der Waals surface area (Å²) in [6.07, 6.45) is 1.13. The van der Waals surface area contributed by atoms with Crippen LogP contribution in [0.5, 0.6) is 0 Å². The Hall–Kier alpha value is -0.350. The van der Waals surface area contributed by atoms with Crippen molar-refractivity contribution in [3.8, 4) is 0 Å². The minimum atomic E-state index is 0.915. The summed E-state index contributed by atoms with van der Waals surface area (Å²) in [5.74, 6) is 0. The molecule has 0 radical (unpaired) electrons. The van der Waals surface area contributed by atoms with Gasteiger partial charge in [0.05, 0.1) is 0 Å². The molecule has 0 bridgehead atoms. The number of nitrogens with one attached hydrogen (secondary N) is 2. The number of rotatable bonds is 2. The molecule has 0 spiro atoms. The first-order chi connectivity index (χ1) is 5.84. The van der Waals surface area contributed by atoms with Gasteiger partial charge in [0.2, 0.25) is 0 Å². The minimum Gasteiger partial charge on any atom is -0.363 e. The molecule has 2 N–H and O–H groups in total. The van der Waals surface area contributed by atoms with Gasteiger partial charge in [-0.15, -0.1) is 0 Å². The summed E-state index contributed by atoms with van der Waals surface area (Å²) in [4.78, 5) is 2.22. The second kappa shape index (κ2) is 5.32. The highest BCUT2D eigenvalue weighted by atomic mass is 32.1. The van der Waals surface area contributed by atoms with E-state index < -0.39 is 0 Å². The van der Waals surface area contributed by atoms with E-state index in [9.17, 15) is 0 Å². The summed E-state index contributed by atoms with van der Waals surface area (Å²) in [5.41, 5.74) is 0. The Balaban J connectivity index is 2.20. The molecule has 1 heterocycles. The molecule has 0 amide bonds. The zero-order chi connectivity index (χ0) is 8.81. The molecule has 1 fully saturated rings. The van der Waals surface area contributed by atoms with Gasteiger partial charge >= 0.3 is 0 Å². The first-order valence-electron chi connectivity index (χ1n) is 4.58. The van der Waals surface area contributed by atoms with Crippen molar-refractivity contribution in [1.29, 1.82) is 0 Å². The van der Waals surface area contributed by atoms with E-state index in [-0.39, 0.29) is 0 Å². The third-order valence-electron chi connectivity index (χ3n) is 1.93. The van der Waals surface area contributed by atoms with Gasteiger partial charge in [-0.2, -0.15) is 0 Å². The van der Waals surface area contributed by atoms with Crippen molar-refractivity contribution < 1.29 is 0 Å². The fourth-order valence-electron chi connectivity index (χ4n) is 1.21. The van der Waals surface area contributed by atoms with Crippen molar-refractivity contribution in [2.45, 2.75) is 13.3 Å². The quantitative estimate of drug-likeness (QED) is 0.603. The molecule has 0 aliphatic carbocycles. The number of nitrogens with zero attached hydrogens (tertiary/aromatic N) is 1. The summed E-state index contributed by atoms with van der Waals surface area (Å²) < 4.78 is 0. The molecular weight excluding hydrogens is 170 g/mol. The van der Waals surface area contributed by atoms with Crippen molar-refractivity contribution >= 4 is 17.3 Å². The zero-order valence-electron chi connectivity index (χ0n) is 7.60. The summed E-state index contributed by atoms with van der Waals surface area (Å²) >= 11 is 5.23. The highest BCUT2D eigenvalue weighted by Gasteiger charge is 2.11. The first kappa shape index (κ1) is 9.74. The van der Waals surface area contributed by atoms with Crippen LogP contribution in [0.4, 0.5) is 0 Å². The van der Waals surface area contributed by atoms with Gasteiger partial charge in [0.25, 0.3) is 0 Å². The largest absolute Gasteiger partial charge is 0.363 e. The van der Waals surface area contributed by atoms with E-state index in [1.807, 2.05) is 0 Å². The Morgan fingerprint density at radius 1 is 1.50 bits per heavy atom. The number of hydrogen-bond donors (Lipinski definition) is 2. The fraction of sp³-hybridized carbons (Fsp3) is 0.875. The molecule has 0 saturated carbocycles. The zero-order valence-corrected chi connectivity index (χ0v) is 8.41. The lowest BCUT2D eigenvalue weighted by Gasteiger charge is -2.29. The van der Waals surface area contributed by atoms with Crippen LogP contribution in [0.25, 0.3) is 0 Å². The van der Waals surface area contributed by atoms with Crippen LogP contribution >= 0.6 is 12.2 Å². The van der Waals surface area contributed by atoms with E-state index in [0.29, 0.717) is 0 Å². The van der Waals surface area contributed by atoms with Gasteiger partial charge in [-0.05, 0) is 18.6 Å². The molecule has 4 heteroatoms. The second-order valence-corrected chi connectivity index (χ2v) is 3.36. The number of thiocarbonyl (C=S) groups is 1. The van der Waals surface area contributed by atoms with E-state index >= 15 is 0 Å². The highest BCUT2D eigenvalue weighted by molar-refractivity contribution is 7.80. The summed E-state index contributed by atoms with van der Waals surface area (Å²) in [6, 6.07) is 0. The van der Waals surface area contributed by atoms with Crippen LogP contribution in [-0.4, -0.2) is 42.7 Å². The van der Waals surface area contributed by atoms with E-state index in [1.165, 1.54) is 0 Å². The van der Waals surface area contributed by atoms with E-state index in [1.54, 1.807) is 0 Å². The monoisotopic (exact) mass is 187 g/mol. The second-order valence-electron chi connectivity index (χ2n) is 2.97. The Kier molecular flexibility index (Phi) is 4.32. The molecule has 0 aromatic heterocycles. The van der Waals surface area contributed by atoms with Crippen LogP contribution in [0.3, 0.4) is 0 Å². The molecule has 1 aliphatic rings. The molecule has 1 saturated heterocycles. The normalized spacial score (nSPS) is 17.6. The lowest BCUT2D eigenvalue weighted by atomic mass is 10.4. The van der Waals surface area contributed by atoms with Crippen LogP contribution in [0.15, 0.2) is 0 Å². The van der Waals surface area contributed by atoms with Gasteiger partial charge in [-0.3, -0.25) is 0 Å².